The minimum atomic E-state index is -1.89. The van der Waals surface area contributed by atoms with Crippen molar-refractivity contribution in [3.63, 3.8) is 0 Å². The number of carboxylic acid groups (broad SMARTS) is 3. The van der Waals surface area contributed by atoms with Gasteiger partial charge in [0.2, 0.25) is 17.7 Å². The molecule has 0 aliphatic heterocycles. The van der Waals surface area contributed by atoms with Crippen LogP contribution in [0.1, 0.15) is 19.8 Å². The number of nitrogens with one attached hydrogen (secondary N) is 3. The second kappa shape index (κ2) is 12.6. The summed E-state index contributed by atoms with van der Waals surface area (Å²) in [6.07, 6.45) is -3.47. The summed E-state index contributed by atoms with van der Waals surface area (Å²) in [5.74, 6) is -8.16. The molecular weight excluding hydrogens is 428 g/mol. The predicted octanol–water partition coefficient (Wildman–Crippen LogP) is -3.89. The number of aliphatic hydroxyl groups excluding tert-OH is 1. The summed E-state index contributed by atoms with van der Waals surface area (Å²) in [5.41, 5.74) is 5.46. The average Bonchev–Trinajstić information content (AvgIpc) is 2.62. The molecule has 0 bridgehead atoms. The number of carboxylic acids is 3. The van der Waals surface area contributed by atoms with Crippen molar-refractivity contribution < 1.29 is 49.2 Å². The Labute approximate surface area is 175 Å². The zero-order valence-corrected chi connectivity index (χ0v) is 16.7. The molecule has 3 amide bonds. The van der Waals surface area contributed by atoms with Crippen LogP contribution >= 0.6 is 12.6 Å². The Morgan fingerprint density at radius 2 is 1.30 bits per heavy atom. The van der Waals surface area contributed by atoms with Crippen LogP contribution in [0.25, 0.3) is 0 Å². The lowest BCUT2D eigenvalue weighted by molar-refractivity contribution is -0.148. The number of carbonyl (C=O) groups is 6. The quantitative estimate of drug-likeness (QED) is 0.122. The van der Waals surface area contributed by atoms with E-state index in [4.69, 9.17) is 21.1 Å². The van der Waals surface area contributed by atoms with E-state index in [0.717, 1.165) is 6.92 Å². The number of hydrogen-bond donors (Lipinski definition) is 9. The van der Waals surface area contributed by atoms with Crippen LogP contribution in [-0.2, 0) is 28.8 Å². The number of hydrogen-bond acceptors (Lipinski definition) is 9. The lowest BCUT2D eigenvalue weighted by Crippen LogP contribution is -2.60. The standard InChI is InChI=1S/C15H24N4O10S/c1-5(20)11(19-12(25)6(16)4-30)14(27)17-7(2-9(21)22)13(26)18-8(15(28)29)3-10(23)24/h5-8,11,20,30H,2-4,16H2,1H3,(H,17,27)(H,18,26)(H,19,25)(H,21,22)(H,23,24)(H,28,29). The molecule has 0 aromatic rings. The van der Waals surface area contributed by atoms with Crippen LogP contribution < -0.4 is 21.7 Å². The van der Waals surface area contributed by atoms with E-state index in [9.17, 15) is 33.9 Å². The Bertz CT molecular complexity index is 686. The van der Waals surface area contributed by atoms with Crippen molar-refractivity contribution in [2.75, 3.05) is 5.75 Å². The SMILES string of the molecule is CC(O)C(NC(=O)C(N)CS)C(=O)NC(CC(=O)O)C(=O)NC(CC(=O)O)C(=O)O. The first kappa shape index (κ1) is 27.1. The number of aliphatic hydroxyl groups is 1. The molecule has 5 atom stereocenters. The summed E-state index contributed by atoms with van der Waals surface area (Å²) < 4.78 is 0. The van der Waals surface area contributed by atoms with E-state index in [0.29, 0.717) is 0 Å². The summed E-state index contributed by atoms with van der Waals surface area (Å²) in [5, 5.41) is 42.3. The molecule has 14 nitrogen and oxygen atoms in total. The molecule has 0 saturated carbocycles. The molecule has 9 N–H and O–H groups in total. The number of nitrogens with two attached hydrogens (primary N) is 1. The fourth-order valence-corrected chi connectivity index (χ4v) is 2.21. The summed E-state index contributed by atoms with van der Waals surface area (Å²) in [7, 11) is 0. The van der Waals surface area contributed by atoms with Crippen molar-refractivity contribution in [2.24, 2.45) is 5.73 Å². The van der Waals surface area contributed by atoms with Crippen LogP contribution in [0.15, 0.2) is 0 Å². The zero-order chi connectivity index (χ0) is 23.6. The number of rotatable bonds is 13. The lowest BCUT2D eigenvalue weighted by atomic mass is 10.1. The molecule has 0 spiro atoms. The van der Waals surface area contributed by atoms with E-state index >= 15 is 0 Å². The minimum Gasteiger partial charge on any atom is -0.481 e. The molecule has 0 aliphatic rings. The first-order chi connectivity index (χ1) is 13.8. The highest BCUT2D eigenvalue weighted by Crippen LogP contribution is 2.02. The highest BCUT2D eigenvalue weighted by Gasteiger charge is 2.33. The Hall–Kier alpha value is -2.91. The van der Waals surface area contributed by atoms with Crippen molar-refractivity contribution in [2.45, 2.75) is 50.0 Å². The molecule has 0 radical (unpaired) electrons. The zero-order valence-electron chi connectivity index (χ0n) is 15.8. The van der Waals surface area contributed by atoms with Gasteiger partial charge in [-0.15, -0.1) is 0 Å². The highest BCUT2D eigenvalue weighted by molar-refractivity contribution is 7.80. The van der Waals surface area contributed by atoms with E-state index in [2.05, 4.69) is 17.9 Å². The van der Waals surface area contributed by atoms with Crippen molar-refractivity contribution in [1.29, 1.82) is 0 Å². The van der Waals surface area contributed by atoms with Crippen LogP contribution in [0, 0.1) is 0 Å². The van der Waals surface area contributed by atoms with Gasteiger partial charge >= 0.3 is 17.9 Å². The van der Waals surface area contributed by atoms with Gasteiger partial charge in [-0.25, -0.2) is 4.79 Å². The molecule has 0 rings (SSSR count). The molecule has 0 saturated heterocycles. The Kier molecular flexibility index (Phi) is 11.4. The normalized spacial score (nSPS) is 15.6. The van der Waals surface area contributed by atoms with Gasteiger partial charge in [-0.3, -0.25) is 24.0 Å². The van der Waals surface area contributed by atoms with Gasteiger partial charge in [0, 0.05) is 5.75 Å². The molecule has 170 valence electrons. The van der Waals surface area contributed by atoms with Gasteiger partial charge in [0.15, 0.2) is 0 Å². The molecule has 15 heteroatoms. The first-order valence-electron chi connectivity index (χ1n) is 8.42. The largest absolute Gasteiger partial charge is 0.481 e. The Morgan fingerprint density at radius 1 is 0.833 bits per heavy atom. The maximum atomic E-state index is 12.4. The van der Waals surface area contributed by atoms with E-state index in [1.807, 2.05) is 10.6 Å². The summed E-state index contributed by atoms with van der Waals surface area (Å²) in [4.78, 5) is 69.3. The van der Waals surface area contributed by atoms with Crippen molar-refractivity contribution in [3.05, 3.63) is 0 Å². The van der Waals surface area contributed by atoms with Crippen LogP contribution in [0.2, 0.25) is 0 Å². The van der Waals surface area contributed by atoms with Crippen molar-refractivity contribution >= 4 is 48.3 Å². The Morgan fingerprint density at radius 3 is 1.70 bits per heavy atom. The summed E-state index contributed by atoms with van der Waals surface area (Å²) in [6.45, 7) is 1.14. The van der Waals surface area contributed by atoms with Crippen LogP contribution in [0.3, 0.4) is 0 Å². The smallest absolute Gasteiger partial charge is 0.326 e. The second-order valence-electron chi connectivity index (χ2n) is 6.17. The molecule has 0 aromatic heterocycles. The van der Waals surface area contributed by atoms with E-state index < -0.39 is 78.7 Å². The van der Waals surface area contributed by atoms with Gasteiger partial charge in [-0.1, -0.05) is 0 Å². The molecule has 0 fully saturated rings. The molecule has 0 heterocycles. The lowest BCUT2D eigenvalue weighted by Gasteiger charge is -2.25. The minimum absolute atomic E-state index is 0.0792. The van der Waals surface area contributed by atoms with Crippen molar-refractivity contribution in [1.82, 2.24) is 16.0 Å². The van der Waals surface area contributed by atoms with Gasteiger partial charge in [0.1, 0.15) is 18.1 Å². The average molecular weight is 452 g/mol. The first-order valence-corrected chi connectivity index (χ1v) is 9.05. The number of amides is 3. The summed E-state index contributed by atoms with van der Waals surface area (Å²) >= 11 is 3.82. The third-order valence-corrected chi connectivity index (χ3v) is 3.99. The van der Waals surface area contributed by atoms with Gasteiger partial charge in [0.25, 0.3) is 0 Å². The number of aliphatic carboxylic acids is 3. The molecular formula is C15H24N4O10S. The number of thiol groups is 1. The highest BCUT2D eigenvalue weighted by atomic mass is 32.1. The third kappa shape index (κ3) is 9.53. The molecule has 0 aliphatic carbocycles. The van der Waals surface area contributed by atoms with E-state index in [-0.39, 0.29) is 5.75 Å². The van der Waals surface area contributed by atoms with Gasteiger partial charge in [0.05, 0.1) is 25.0 Å². The second-order valence-corrected chi connectivity index (χ2v) is 6.54. The van der Waals surface area contributed by atoms with E-state index in [1.54, 1.807) is 0 Å². The topological polar surface area (TPSA) is 245 Å². The molecule has 30 heavy (non-hydrogen) atoms. The van der Waals surface area contributed by atoms with Gasteiger partial charge < -0.3 is 42.1 Å². The fraction of sp³-hybridized carbons (Fsp3) is 0.600. The fourth-order valence-electron chi connectivity index (χ4n) is 2.04. The Balaban J connectivity index is 5.45. The molecule has 0 aromatic carbocycles. The number of carbonyl (C=O) groups excluding carboxylic acids is 3. The predicted molar refractivity (Wildman–Crippen MR) is 101 cm³/mol. The van der Waals surface area contributed by atoms with E-state index in [1.165, 1.54) is 0 Å². The maximum Gasteiger partial charge on any atom is 0.326 e. The summed E-state index contributed by atoms with van der Waals surface area (Å²) in [6, 6.07) is -6.46. The van der Waals surface area contributed by atoms with Crippen molar-refractivity contribution in [3.8, 4) is 0 Å². The van der Waals surface area contributed by atoms with Gasteiger partial charge in [-0.2, -0.15) is 12.6 Å². The van der Waals surface area contributed by atoms with Crippen LogP contribution in [0.5, 0.6) is 0 Å². The monoisotopic (exact) mass is 452 g/mol. The molecule has 5 unspecified atom stereocenters. The maximum absolute atomic E-state index is 12.4. The van der Waals surface area contributed by atoms with Crippen LogP contribution in [0.4, 0.5) is 0 Å². The third-order valence-electron chi connectivity index (χ3n) is 3.60. The van der Waals surface area contributed by atoms with Gasteiger partial charge in [-0.05, 0) is 6.92 Å². The van der Waals surface area contributed by atoms with Crippen LogP contribution in [-0.4, -0.2) is 92.1 Å².